The van der Waals surface area contributed by atoms with Crippen molar-refractivity contribution in [2.45, 2.75) is 13.0 Å². The summed E-state index contributed by atoms with van der Waals surface area (Å²) in [6, 6.07) is 11.0. The molecule has 146 valence electrons. The minimum Gasteiger partial charge on any atom is -0.383 e. The van der Waals surface area contributed by atoms with Gasteiger partial charge in [0.15, 0.2) is 0 Å². The van der Waals surface area contributed by atoms with Gasteiger partial charge < -0.3 is 19.9 Å². The zero-order chi connectivity index (χ0) is 19.1. The van der Waals surface area contributed by atoms with E-state index in [0.717, 1.165) is 50.6 Å². The highest BCUT2D eigenvalue weighted by Crippen LogP contribution is 2.23. The first-order valence-electron chi connectivity index (χ1n) is 9.52. The Morgan fingerprint density at radius 2 is 2.07 bits per heavy atom. The molecule has 6 heteroatoms. The number of pyridine rings is 1. The molecule has 2 heterocycles. The Hall–Kier alpha value is -2.18. The van der Waals surface area contributed by atoms with Crippen LogP contribution >= 0.6 is 0 Å². The summed E-state index contributed by atoms with van der Waals surface area (Å²) >= 11 is 0. The third-order valence-corrected chi connectivity index (χ3v) is 5.07. The van der Waals surface area contributed by atoms with Crippen molar-refractivity contribution in [3.05, 3.63) is 54.0 Å². The monoisotopic (exact) mass is 372 g/mol. The van der Waals surface area contributed by atoms with Crippen LogP contribution in [0.3, 0.4) is 0 Å². The largest absolute Gasteiger partial charge is 0.383 e. The lowest BCUT2D eigenvalue weighted by Crippen LogP contribution is -2.26. The second kappa shape index (κ2) is 9.67. The summed E-state index contributed by atoms with van der Waals surface area (Å²) < 4.78 is 18.2. The fourth-order valence-electron chi connectivity index (χ4n) is 3.40. The van der Waals surface area contributed by atoms with Crippen LogP contribution in [0.4, 0.5) is 15.9 Å². The van der Waals surface area contributed by atoms with Gasteiger partial charge in [-0.25, -0.2) is 9.37 Å². The van der Waals surface area contributed by atoms with Crippen molar-refractivity contribution in [1.29, 1.82) is 0 Å². The van der Waals surface area contributed by atoms with E-state index in [0.29, 0.717) is 12.5 Å². The second-order valence-corrected chi connectivity index (χ2v) is 7.15. The van der Waals surface area contributed by atoms with E-state index >= 15 is 0 Å². The molecule has 2 aromatic rings. The van der Waals surface area contributed by atoms with Crippen molar-refractivity contribution in [3.63, 3.8) is 0 Å². The molecule has 1 aromatic heterocycles. The highest BCUT2D eigenvalue weighted by molar-refractivity contribution is 5.47. The van der Waals surface area contributed by atoms with Crippen LogP contribution in [0.5, 0.6) is 0 Å². The number of benzene rings is 1. The van der Waals surface area contributed by atoms with Crippen molar-refractivity contribution in [2.24, 2.45) is 5.92 Å². The summed E-state index contributed by atoms with van der Waals surface area (Å²) in [4.78, 5) is 8.95. The fraction of sp³-hybridized carbons (Fsp3) is 0.476. The molecule has 1 atom stereocenters. The molecule has 5 nitrogen and oxygen atoms in total. The lowest BCUT2D eigenvalue weighted by molar-refractivity contribution is 0.206. The standard InChI is InChI=1S/C21H29FN4O/c1-25(11-12-27-2)21-8-3-17(15-24-21)13-23-14-18-9-10-26(16-18)20-6-4-19(22)5-7-20/h3-8,15,18,23H,9-14,16H2,1-2H3/t18-/m1/s1. The number of anilines is 2. The van der Waals surface area contributed by atoms with Crippen molar-refractivity contribution in [2.75, 3.05) is 56.7 Å². The molecule has 0 amide bonds. The Balaban J connectivity index is 1.40. The van der Waals surface area contributed by atoms with E-state index in [2.05, 4.69) is 32.2 Å². The van der Waals surface area contributed by atoms with Gasteiger partial charge in [0.2, 0.25) is 0 Å². The van der Waals surface area contributed by atoms with Crippen LogP contribution in [0.15, 0.2) is 42.6 Å². The van der Waals surface area contributed by atoms with Gasteiger partial charge in [-0.05, 0) is 48.2 Å². The lowest BCUT2D eigenvalue weighted by atomic mass is 10.1. The first-order chi connectivity index (χ1) is 13.2. The highest BCUT2D eigenvalue weighted by Gasteiger charge is 2.22. The number of likely N-dealkylation sites (N-methyl/N-ethyl adjacent to an activating group) is 1. The molecule has 0 unspecified atom stereocenters. The van der Waals surface area contributed by atoms with E-state index in [1.165, 1.54) is 17.7 Å². The van der Waals surface area contributed by atoms with Gasteiger partial charge in [0, 0.05) is 58.8 Å². The molecule has 0 radical (unpaired) electrons. The molecule has 1 aromatic carbocycles. The number of aromatic nitrogens is 1. The Bertz CT molecular complexity index is 692. The number of halogens is 1. The Morgan fingerprint density at radius 1 is 1.26 bits per heavy atom. The summed E-state index contributed by atoms with van der Waals surface area (Å²) in [6.45, 7) is 5.36. The summed E-state index contributed by atoms with van der Waals surface area (Å²) in [7, 11) is 3.73. The number of nitrogens with zero attached hydrogens (tertiary/aromatic N) is 3. The molecule has 1 N–H and O–H groups in total. The van der Waals surface area contributed by atoms with Crippen LogP contribution in [0.25, 0.3) is 0 Å². The first-order valence-corrected chi connectivity index (χ1v) is 9.52. The minimum absolute atomic E-state index is 0.180. The van der Waals surface area contributed by atoms with Gasteiger partial charge in [0.05, 0.1) is 6.61 Å². The number of nitrogens with one attached hydrogen (secondary N) is 1. The van der Waals surface area contributed by atoms with Crippen LogP contribution in [0.1, 0.15) is 12.0 Å². The quantitative estimate of drug-likeness (QED) is 0.733. The topological polar surface area (TPSA) is 40.6 Å². The highest BCUT2D eigenvalue weighted by atomic mass is 19.1. The van der Waals surface area contributed by atoms with Gasteiger partial charge in [-0.1, -0.05) is 6.07 Å². The predicted molar refractivity (Wildman–Crippen MR) is 108 cm³/mol. The second-order valence-electron chi connectivity index (χ2n) is 7.15. The number of methoxy groups -OCH3 is 1. The van der Waals surface area contributed by atoms with Crippen LogP contribution < -0.4 is 15.1 Å². The van der Waals surface area contributed by atoms with Crippen LogP contribution in [-0.4, -0.2) is 51.9 Å². The van der Waals surface area contributed by atoms with Crippen LogP contribution in [0, 0.1) is 11.7 Å². The molecule has 0 bridgehead atoms. The van der Waals surface area contributed by atoms with Gasteiger partial charge in [0.1, 0.15) is 11.6 Å². The van der Waals surface area contributed by atoms with Crippen molar-refractivity contribution in [3.8, 4) is 0 Å². The zero-order valence-electron chi connectivity index (χ0n) is 16.2. The van der Waals surface area contributed by atoms with Crippen molar-refractivity contribution >= 4 is 11.5 Å². The van der Waals surface area contributed by atoms with Crippen molar-refractivity contribution < 1.29 is 9.13 Å². The van der Waals surface area contributed by atoms with Gasteiger partial charge in [-0.2, -0.15) is 0 Å². The molecule has 1 fully saturated rings. The van der Waals surface area contributed by atoms with Crippen LogP contribution in [0.2, 0.25) is 0 Å². The van der Waals surface area contributed by atoms with E-state index in [1.54, 1.807) is 7.11 Å². The maximum absolute atomic E-state index is 13.1. The number of hydrogen-bond acceptors (Lipinski definition) is 5. The summed E-state index contributed by atoms with van der Waals surface area (Å²) in [6.07, 6.45) is 3.09. The SMILES string of the molecule is COCCN(C)c1ccc(CNC[C@H]2CCN(c3ccc(F)cc3)C2)cn1. The van der Waals surface area contributed by atoms with Gasteiger partial charge >= 0.3 is 0 Å². The average Bonchev–Trinajstić information content (AvgIpc) is 3.16. The molecule has 0 saturated carbocycles. The molecular formula is C21H29FN4O. The van der Waals surface area contributed by atoms with Crippen LogP contribution in [-0.2, 0) is 11.3 Å². The van der Waals surface area contributed by atoms with Gasteiger partial charge in [-0.15, -0.1) is 0 Å². The summed E-state index contributed by atoms with van der Waals surface area (Å²) in [5.41, 5.74) is 2.29. The van der Waals surface area contributed by atoms with E-state index in [4.69, 9.17) is 4.74 Å². The molecule has 0 spiro atoms. The predicted octanol–water partition coefficient (Wildman–Crippen LogP) is 2.92. The maximum Gasteiger partial charge on any atom is 0.128 e. The number of rotatable bonds is 9. The van der Waals surface area contributed by atoms with E-state index in [-0.39, 0.29) is 5.82 Å². The molecule has 1 aliphatic heterocycles. The normalized spacial score (nSPS) is 16.7. The zero-order valence-corrected chi connectivity index (χ0v) is 16.2. The summed E-state index contributed by atoms with van der Waals surface area (Å²) in [5, 5.41) is 3.55. The summed E-state index contributed by atoms with van der Waals surface area (Å²) in [5.74, 6) is 1.39. The molecule has 1 aliphatic rings. The molecule has 27 heavy (non-hydrogen) atoms. The van der Waals surface area contributed by atoms with Gasteiger partial charge in [-0.3, -0.25) is 0 Å². The van der Waals surface area contributed by atoms with E-state index in [9.17, 15) is 4.39 Å². The van der Waals surface area contributed by atoms with E-state index in [1.807, 2.05) is 25.4 Å². The lowest BCUT2D eigenvalue weighted by Gasteiger charge is -2.19. The third-order valence-electron chi connectivity index (χ3n) is 5.07. The number of ether oxygens (including phenoxy) is 1. The van der Waals surface area contributed by atoms with Crippen molar-refractivity contribution in [1.82, 2.24) is 10.3 Å². The maximum atomic E-state index is 13.1. The molecule has 0 aliphatic carbocycles. The molecule has 1 saturated heterocycles. The van der Waals surface area contributed by atoms with Gasteiger partial charge in [0.25, 0.3) is 0 Å². The number of hydrogen-bond donors (Lipinski definition) is 1. The minimum atomic E-state index is -0.180. The Kier molecular flexibility index (Phi) is 7.01. The molecular weight excluding hydrogens is 343 g/mol. The van der Waals surface area contributed by atoms with E-state index < -0.39 is 0 Å². The smallest absolute Gasteiger partial charge is 0.128 e. The Morgan fingerprint density at radius 3 is 2.78 bits per heavy atom. The fourth-order valence-corrected chi connectivity index (χ4v) is 3.40. The Labute approximate surface area is 161 Å². The third kappa shape index (κ3) is 5.65. The first kappa shape index (κ1) is 19.6. The average molecular weight is 372 g/mol. The molecule has 3 rings (SSSR count).